The van der Waals surface area contributed by atoms with E-state index in [2.05, 4.69) is 43.3 Å². The predicted octanol–water partition coefficient (Wildman–Crippen LogP) is 2.10. The molecule has 0 radical (unpaired) electrons. The van der Waals surface area contributed by atoms with Crippen LogP contribution >= 0.6 is 15.9 Å². The van der Waals surface area contributed by atoms with Gasteiger partial charge in [0.25, 0.3) is 5.91 Å². The Labute approximate surface area is 160 Å². The number of nitrogens with zero attached hydrogens (tertiary/aromatic N) is 5. The summed E-state index contributed by atoms with van der Waals surface area (Å²) in [5.41, 5.74) is 2.56. The van der Waals surface area contributed by atoms with Crippen molar-refractivity contribution in [3.8, 4) is 0 Å². The van der Waals surface area contributed by atoms with Gasteiger partial charge in [-0.3, -0.25) is 4.79 Å². The van der Waals surface area contributed by atoms with Gasteiger partial charge in [-0.25, -0.2) is 4.68 Å². The Bertz CT molecular complexity index is 868. The van der Waals surface area contributed by atoms with Gasteiger partial charge in [0.15, 0.2) is 0 Å². The van der Waals surface area contributed by atoms with Crippen LogP contribution in [0.25, 0.3) is 0 Å². The van der Waals surface area contributed by atoms with Crippen molar-refractivity contribution in [2.75, 3.05) is 38.5 Å². The third-order valence-electron chi connectivity index (χ3n) is 4.98. The molecule has 4 rings (SSSR count). The first-order chi connectivity index (χ1) is 12.5. The van der Waals surface area contributed by atoms with Gasteiger partial charge in [0.1, 0.15) is 12.4 Å². The van der Waals surface area contributed by atoms with Crippen LogP contribution in [0.5, 0.6) is 0 Å². The Kier molecular flexibility index (Phi) is 4.54. The fourth-order valence-electron chi connectivity index (χ4n) is 3.53. The fourth-order valence-corrected chi connectivity index (χ4v) is 3.95. The number of piperazine rings is 1. The maximum absolute atomic E-state index is 13.4. The number of benzene rings is 1. The summed E-state index contributed by atoms with van der Waals surface area (Å²) >= 11 is 3.54. The monoisotopic (exact) mass is 416 g/mol. The highest BCUT2D eigenvalue weighted by Crippen LogP contribution is 2.36. The maximum atomic E-state index is 13.4. The summed E-state index contributed by atoms with van der Waals surface area (Å²) in [6.45, 7) is 5.19. The zero-order valence-corrected chi connectivity index (χ0v) is 16.4. The minimum Gasteiger partial charge on any atom is -0.336 e. The van der Waals surface area contributed by atoms with Crippen molar-refractivity contribution in [3.05, 3.63) is 51.9 Å². The molecule has 26 heavy (non-hydrogen) atoms. The Balaban J connectivity index is 1.76. The maximum Gasteiger partial charge on any atom is 0.254 e. The molecular formula is C18H21BrN6O. The SMILES string of the molecule is CC1=C(C(=O)N2CCN(C)CC2)C(c2cccc(Br)c2)n2ncnc2N1. The standard InChI is InChI=1S/C18H21BrN6O/c1-12-15(17(26)24-8-6-23(2)7-9-24)16(13-4-3-5-14(19)10-13)25-18(22-12)20-11-21-25/h3-5,10-11,16H,6-9H2,1-2H3,(H,20,21,22). The van der Waals surface area contributed by atoms with Crippen molar-refractivity contribution >= 4 is 27.8 Å². The number of amides is 1. The van der Waals surface area contributed by atoms with Crippen LogP contribution < -0.4 is 5.32 Å². The molecule has 1 N–H and O–H groups in total. The molecule has 1 aromatic carbocycles. The lowest BCUT2D eigenvalue weighted by Gasteiger charge is -2.36. The van der Waals surface area contributed by atoms with Crippen LogP contribution in [-0.4, -0.2) is 63.7 Å². The topological polar surface area (TPSA) is 66.3 Å². The third-order valence-corrected chi connectivity index (χ3v) is 5.47. The number of carbonyl (C=O) groups excluding carboxylic acids is 1. The van der Waals surface area contributed by atoms with E-state index in [1.165, 1.54) is 6.33 Å². The normalized spacial score (nSPS) is 20.7. The van der Waals surface area contributed by atoms with Gasteiger partial charge in [0, 0.05) is 36.3 Å². The molecule has 7 nitrogen and oxygen atoms in total. The van der Waals surface area contributed by atoms with Crippen LogP contribution in [0.15, 0.2) is 46.3 Å². The minimum atomic E-state index is -0.293. The van der Waals surface area contributed by atoms with E-state index in [0.29, 0.717) is 5.95 Å². The zero-order valence-electron chi connectivity index (χ0n) is 14.8. The highest BCUT2D eigenvalue weighted by molar-refractivity contribution is 9.10. The van der Waals surface area contributed by atoms with Gasteiger partial charge < -0.3 is 15.1 Å². The van der Waals surface area contributed by atoms with Crippen molar-refractivity contribution in [2.45, 2.75) is 13.0 Å². The number of hydrogen-bond donors (Lipinski definition) is 1. The van der Waals surface area contributed by atoms with Gasteiger partial charge in [-0.2, -0.15) is 10.1 Å². The van der Waals surface area contributed by atoms with Crippen LogP contribution in [-0.2, 0) is 4.79 Å². The predicted molar refractivity (Wildman–Crippen MR) is 103 cm³/mol. The van der Waals surface area contributed by atoms with E-state index in [9.17, 15) is 4.79 Å². The summed E-state index contributed by atoms with van der Waals surface area (Å²) in [5, 5.41) is 7.62. The summed E-state index contributed by atoms with van der Waals surface area (Å²) in [4.78, 5) is 21.9. The van der Waals surface area contributed by atoms with E-state index < -0.39 is 0 Å². The molecule has 8 heteroatoms. The van der Waals surface area contributed by atoms with Crippen LogP contribution in [0.1, 0.15) is 18.5 Å². The third kappa shape index (κ3) is 3.03. The van der Waals surface area contributed by atoms with Crippen LogP contribution in [0, 0.1) is 0 Å². The second kappa shape index (κ2) is 6.85. The lowest BCUT2D eigenvalue weighted by molar-refractivity contribution is -0.129. The van der Waals surface area contributed by atoms with Crippen molar-refractivity contribution < 1.29 is 4.79 Å². The summed E-state index contributed by atoms with van der Waals surface area (Å²) in [5.74, 6) is 0.719. The van der Waals surface area contributed by atoms with Crippen LogP contribution in [0.2, 0.25) is 0 Å². The van der Waals surface area contributed by atoms with Crippen molar-refractivity contribution in [2.24, 2.45) is 0 Å². The highest BCUT2D eigenvalue weighted by Gasteiger charge is 2.36. The van der Waals surface area contributed by atoms with E-state index in [1.807, 2.05) is 36.1 Å². The molecule has 3 heterocycles. The molecule has 1 unspecified atom stereocenters. The van der Waals surface area contributed by atoms with Gasteiger partial charge in [-0.15, -0.1) is 0 Å². The number of allylic oxidation sites excluding steroid dienone is 1. The molecule has 0 spiro atoms. The number of halogens is 1. The average Bonchev–Trinajstić information content (AvgIpc) is 3.08. The number of nitrogens with one attached hydrogen (secondary N) is 1. The number of fused-ring (bicyclic) bond motifs is 1. The summed E-state index contributed by atoms with van der Waals surface area (Å²) < 4.78 is 2.76. The molecule has 2 aromatic rings. The molecule has 1 amide bonds. The van der Waals surface area contributed by atoms with Gasteiger partial charge >= 0.3 is 0 Å². The number of anilines is 1. The Hall–Kier alpha value is -2.19. The summed E-state index contributed by atoms with van der Waals surface area (Å²) in [7, 11) is 2.08. The van der Waals surface area contributed by atoms with E-state index in [-0.39, 0.29) is 11.9 Å². The minimum absolute atomic E-state index is 0.0641. The van der Waals surface area contributed by atoms with E-state index >= 15 is 0 Å². The molecule has 0 aliphatic carbocycles. The molecule has 2 aliphatic heterocycles. The molecule has 0 bridgehead atoms. The first-order valence-electron chi connectivity index (χ1n) is 8.65. The van der Waals surface area contributed by atoms with Gasteiger partial charge in [-0.1, -0.05) is 28.1 Å². The second-order valence-corrected chi connectivity index (χ2v) is 7.66. The van der Waals surface area contributed by atoms with Crippen molar-refractivity contribution in [1.82, 2.24) is 24.6 Å². The van der Waals surface area contributed by atoms with Crippen molar-refractivity contribution in [1.29, 1.82) is 0 Å². The molecule has 1 atom stereocenters. The van der Waals surface area contributed by atoms with Crippen molar-refractivity contribution in [3.63, 3.8) is 0 Å². The first-order valence-corrected chi connectivity index (χ1v) is 9.44. The van der Waals surface area contributed by atoms with Gasteiger partial charge in [0.2, 0.25) is 5.95 Å². The summed E-state index contributed by atoms with van der Waals surface area (Å²) in [6.07, 6.45) is 1.52. The molecule has 1 fully saturated rings. The summed E-state index contributed by atoms with van der Waals surface area (Å²) in [6, 6.07) is 7.72. The molecule has 0 saturated carbocycles. The van der Waals surface area contributed by atoms with E-state index in [1.54, 1.807) is 4.68 Å². The smallest absolute Gasteiger partial charge is 0.254 e. The molecule has 2 aliphatic rings. The molecular weight excluding hydrogens is 396 g/mol. The Morgan fingerprint density at radius 3 is 2.77 bits per heavy atom. The number of rotatable bonds is 2. The molecule has 1 saturated heterocycles. The average molecular weight is 417 g/mol. The Morgan fingerprint density at radius 2 is 2.04 bits per heavy atom. The first kappa shape index (κ1) is 17.2. The lowest BCUT2D eigenvalue weighted by Crippen LogP contribution is -2.49. The zero-order chi connectivity index (χ0) is 18.3. The number of hydrogen-bond acceptors (Lipinski definition) is 5. The number of likely N-dealkylation sites (N-methyl/N-ethyl adjacent to an activating group) is 1. The number of carbonyl (C=O) groups is 1. The largest absolute Gasteiger partial charge is 0.336 e. The molecule has 1 aromatic heterocycles. The second-order valence-electron chi connectivity index (χ2n) is 6.74. The number of aromatic nitrogens is 3. The van der Waals surface area contributed by atoms with Gasteiger partial charge in [-0.05, 0) is 31.7 Å². The van der Waals surface area contributed by atoms with E-state index in [4.69, 9.17) is 0 Å². The molecule has 136 valence electrons. The van der Waals surface area contributed by atoms with Gasteiger partial charge in [0.05, 0.1) is 5.57 Å². The van der Waals surface area contributed by atoms with Crippen LogP contribution in [0.4, 0.5) is 5.95 Å². The van der Waals surface area contributed by atoms with E-state index in [0.717, 1.165) is 47.5 Å². The lowest BCUT2D eigenvalue weighted by atomic mass is 9.94. The highest BCUT2D eigenvalue weighted by atomic mass is 79.9. The fraction of sp³-hybridized carbons (Fsp3) is 0.389. The quantitative estimate of drug-likeness (QED) is 0.811. The van der Waals surface area contributed by atoms with Crippen LogP contribution in [0.3, 0.4) is 0 Å². The Morgan fingerprint density at radius 1 is 1.27 bits per heavy atom.